The van der Waals surface area contributed by atoms with Crippen molar-refractivity contribution in [3.8, 4) is 0 Å². The lowest BCUT2D eigenvalue weighted by molar-refractivity contribution is 0.122. The minimum atomic E-state index is -0.256. The number of β-amino-alcohol motifs (C(OH)–C–C–N with tert-alkyl or cyclic N) is 1. The first-order valence-electron chi connectivity index (χ1n) is 8.02. The Morgan fingerprint density at radius 1 is 1.05 bits per heavy atom. The number of aliphatic hydroxyl groups excluding tert-OH is 1. The summed E-state index contributed by atoms with van der Waals surface area (Å²) in [5.74, 6) is 2.06. The summed E-state index contributed by atoms with van der Waals surface area (Å²) in [6.07, 6.45) is 0.760. The van der Waals surface area contributed by atoms with E-state index in [9.17, 15) is 5.11 Å². The molecule has 0 aliphatic carbocycles. The largest absolute Gasteiger partial charge is 0.389 e. The Labute approximate surface area is 129 Å². The van der Waals surface area contributed by atoms with Crippen LogP contribution >= 0.6 is 0 Å². The van der Waals surface area contributed by atoms with Gasteiger partial charge in [0.15, 0.2) is 0 Å². The van der Waals surface area contributed by atoms with E-state index in [2.05, 4.69) is 11.0 Å². The fraction of sp³-hybridized carbons (Fsp3) is 0.733. The zero-order valence-electron chi connectivity index (χ0n) is 12.6. The SMILES string of the molecule is OC1CN(c2nc([C@@H]3CCOC3)cc(N3CCOCC3)n2)C1. The van der Waals surface area contributed by atoms with Crippen molar-refractivity contribution in [3.63, 3.8) is 0 Å². The van der Waals surface area contributed by atoms with Crippen LogP contribution in [0.5, 0.6) is 0 Å². The van der Waals surface area contributed by atoms with E-state index >= 15 is 0 Å². The maximum absolute atomic E-state index is 9.53. The summed E-state index contributed by atoms with van der Waals surface area (Å²) < 4.78 is 10.9. The molecular weight excluding hydrogens is 284 g/mol. The number of aromatic nitrogens is 2. The number of aliphatic hydroxyl groups is 1. The Balaban J connectivity index is 1.63. The van der Waals surface area contributed by atoms with Gasteiger partial charge in [0.2, 0.25) is 5.95 Å². The molecular formula is C15H22N4O3. The van der Waals surface area contributed by atoms with Gasteiger partial charge < -0.3 is 24.4 Å². The zero-order valence-corrected chi connectivity index (χ0v) is 12.6. The molecule has 3 saturated heterocycles. The van der Waals surface area contributed by atoms with Crippen LogP contribution in [0.4, 0.5) is 11.8 Å². The summed E-state index contributed by atoms with van der Waals surface area (Å²) in [5.41, 5.74) is 1.06. The molecule has 0 saturated carbocycles. The van der Waals surface area contributed by atoms with Crippen LogP contribution in [0.1, 0.15) is 18.0 Å². The summed E-state index contributed by atoms with van der Waals surface area (Å²) in [7, 11) is 0. The lowest BCUT2D eigenvalue weighted by Crippen LogP contribution is -2.51. The van der Waals surface area contributed by atoms with Crippen LogP contribution in [-0.2, 0) is 9.47 Å². The van der Waals surface area contributed by atoms with Crippen LogP contribution in [0.2, 0.25) is 0 Å². The summed E-state index contributed by atoms with van der Waals surface area (Å²) in [4.78, 5) is 13.7. The number of morpholine rings is 1. The number of ether oxygens (including phenoxy) is 2. The summed E-state index contributed by atoms with van der Waals surface area (Å²) >= 11 is 0. The van der Waals surface area contributed by atoms with Crippen LogP contribution in [0.25, 0.3) is 0 Å². The minimum Gasteiger partial charge on any atom is -0.389 e. The van der Waals surface area contributed by atoms with Crippen LogP contribution in [0.15, 0.2) is 6.07 Å². The minimum absolute atomic E-state index is 0.256. The molecule has 7 nitrogen and oxygen atoms in total. The van der Waals surface area contributed by atoms with Crippen molar-refractivity contribution >= 4 is 11.8 Å². The van der Waals surface area contributed by atoms with Gasteiger partial charge in [-0.15, -0.1) is 0 Å². The van der Waals surface area contributed by atoms with Crippen molar-refractivity contribution in [2.45, 2.75) is 18.4 Å². The van der Waals surface area contributed by atoms with Gasteiger partial charge in [-0.25, -0.2) is 4.98 Å². The molecule has 0 unspecified atom stereocenters. The van der Waals surface area contributed by atoms with Crippen LogP contribution in [0.3, 0.4) is 0 Å². The van der Waals surface area contributed by atoms with E-state index in [1.165, 1.54) is 0 Å². The fourth-order valence-electron chi connectivity index (χ4n) is 3.13. The second-order valence-corrected chi connectivity index (χ2v) is 6.17. The number of hydrogen-bond acceptors (Lipinski definition) is 7. The molecule has 0 amide bonds. The first kappa shape index (κ1) is 14.2. The number of hydrogen-bond donors (Lipinski definition) is 1. The lowest BCUT2D eigenvalue weighted by atomic mass is 10.0. The first-order valence-corrected chi connectivity index (χ1v) is 8.02. The second kappa shape index (κ2) is 5.98. The van der Waals surface area contributed by atoms with E-state index in [4.69, 9.17) is 19.4 Å². The van der Waals surface area contributed by atoms with E-state index in [0.29, 0.717) is 19.0 Å². The van der Waals surface area contributed by atoms with Crippen molar-refractivity contribution in [3.05, 3.63) is 11.8 Å². The van der Waals surface area contributed by atoms with Crippen molar-refractivity contribution < 1.29 is 14.6 Å². The van der Waals surface area contributed by atoms with E-state index in [0.717, 1.165) is 63.4 Å². The summed E-state index contributed by atoms with van der Waals surface area (Å²) in [5, 5.41) is 9.53. The standard InChI is InChI=1S/C15H22N4O3/c20-12-8-19(9-12)15-16-13(11-1-4-22-10-11)7-14(17-15)18-2-5-21-6-3-18/h7,11-12,20H,1-6,8-10H2/t11-/m1/s1. The topological polar surface area (TPSA) is 71.0 Å². The summed E-state index contributed by atoms with van der Waals surface area (Å²) in [6.45, 7) is 5.98. The number of nitrogens with zero attached hydrogens (tertiary/aromatic N) is 4. The Morgan fingerprint density at radius 3 is 2.55 bits per heavy atom. The van der Waals surface area contributed by atoms with Crippen LogP contribution in [0, 0.1) is 0 Å². The van der Waals surface area contributed by atoms with E-state index < -0.39 is 0 Å². The van der Waals surface area contributed by atoms with Gasteiger partial charge in [-0.2, -0.15) is 4.98 Å². The quantitative estimate of drug-likeness (QED) is 0.842. The molecule has 3 fully saturated rings. The molecule has 1 N–H and O–H groups in total. The molecule has 3 aliphatic rings. The smallest absolute Gasteiger partial charge is 0.227 e. The predicted octanol–water partition coefficient (Wildman–Crippen LogP) is -0.00200. The maximum atomic E-state index is 9.53. The van der Waals surface area contributed by atoms with Gasteiger partial charge in [0.1, 0.15) is 5.82 Å². The molecule has 22 heavy (non-hydrogen) atoms. The fourth-order valence-corrected chi connectivity index (χ4v) is 3.13. The van der Waals surface area contributed by atoms with Gasteiger partial charge >= 0.3 is 0 Å². The molecule has 1 atom stereocenters. The highest BCUT2D eigenvalue weighted by Crippen LogP contribution is 2.29. The highest BCUT2D eigenvalue weighted by Gasteiger charge is 2.29. The molecule has 120 valence electrons. The van der Waals surface area contributed by atoms with Crippen LogP contribution in [-0.4, -0.2) is 73.8 Å². The molecule has 7 heteroatoms. The zero-order chi connectivity index (χ0) is 14.9. The van der Waals surface area contributed by atoms with E-state index in [1.807, 2.05) is 4.90 Å². The monoisotopic (exact) mass is 306 g/mol. The Kier molecular flexibility index (Phi) is 3.85. The normalized spacial score (nSPS) is 26.3. The molecule has 4 heterocycles. The molecule has 0 spiro atoms. The Bertz CT molecular complexity index is 524. The average molecular weight is 306 g/mol. The molecule has 1 aromatic heterocycles. The van der Waals surface area contributed by atoms with Gasteiger partial charge in [0.25, 0.3) is 0 Å². The molecule has 4 rings (SSSR count). The number of rotatable bonds is 3. The van der Waals surface area contributed by atoms with Crippen LogP contribution < -0.4 is 9.80 Å². The van der Waals surface area contributed by atoms with Crippen molar-refractivity contribution in [1.29, 1.82) is 0 Å². The molecule has 1 aromatic rings. The Hall–Kier alpha value is -1.44. The van der Waals surface area contributed by atoms with Gasteiger partial charge in [-0.1, -0.05) is 0 Å². The van der Waals surface area contributed by atoms with Crippen molar-refractivity contribution in [1.82, 2.24) is 9.97 Å². The second-order valence-electron chi connectivity index (χ2n) is 6.17. The van der Waals surface area contributed by atoms with Gasteiger partial charge in [-0.3, -0.25) is 0 Å². The summed E-state index contributed by atoms with van der Waals surface area (Å²) in [6, 6.07) is 2.10. The number of anilines is 2. The molecule has 3 aliphatic heterocycles. The van der Waals surface area contributed by atoms with Crippen molar-refractivity contribution in [2.75, 3.05) is 62.4 Å². The third kappa shape index (κ3) is 2.76. The van der Waals surface area contributed by atoms with E-state index in [1.54, 1.807) is 0 Å². The first-order chi connectivity index (χ1) is 10.8. The third-order valence-corrected chi connectivity index (χ3v) is 4.55. The molecule has 0 bridgehead atoms. The van der Waals surface area contributed by atoms with Gasteiger partial charge in [-0.05, 0) is 6.42 Å². The third-order valence-electron chi connectivity index (χ3n) is 4.55. The average Bonchev–Trinajstić information content (AvgIpc) is 3.07. The molecule has 0 aromatic carbocycles. The van der Waals surface area contributed by atoms with Gasteiger partial charge in [0.05, 0.1) is 31.6 Å². The van der Waals surface area contributed by atoms with Gasteiger partial charge in [0, 0.05) is 44.8 Å². The highest BCUT2D eigenvalue weighted by molar-refractivity contribution is 5.48. The molecule has 0 radical (unpaired) electrons. The highest BCUT2D eigenvalue weighted by atomic mass is 16.5. The van der Waals surface area contributed by atoms with Crippen molar-refractivity contribution in [2.24, 2.45) is 0 Å². The maximum Gasteiger partial charge on any atom is 0.227 e. The predicted molar refractivity (Wildman–Crippen MR) is 81.5 cm³/mol. The van der Waals surface area contributed by atoms with E-state index in [-0.39, 0.29) is 6.10 Å². The lowest BCUT2D eigenvalue weighted by Gasteiger charge is -2.37. The Morgan fingerprint density at radius 2 is 1.86 bits per heavy atom.